The fraction of sp³-hybridized carbons (Fsp3) is 0.308. The summed E-state index contributed by atoms with van der Waals surface area (Å²) in [6.07, 6.45) is 0.537. The van der Waals surface area contributed by atoms with E-state index in [2.05, 4.69) is 0 Å². The van der Waals surface area contributed by atoms with Crippen molar-refractivity contribution in [2.24, 2.45) is 0 Å². The van der Waals surface area contributed by atoms with Crippen LogP contribution in [0.1, 0.15) is 27.2 Å². The van der Waals surface area contributed by atoms with Gasteiger partial charge in [0.25, 0.3) is 11.6 Å². The average Bonchev–Trinajstić information content (AvgIpc) is 3.59. The average molecular weight is 526 g/mol. The van der Waals surface area contributed by atoms with E-state index in [4.69, 9.17) is 14.2 Å². The van der Waals surface area contributed by atoms with Gasteiger partial charge in [-0.1, -0.05) is 12.1 Å². The monoisotopic (exact) mass is 525 g/mol. The molecule has 0 radical (unpaired) electrons. The molecular weight excluding hydrogens is 498 g/mol. The molecule has 0 fully saturated rings. The number of fused-ring (bicyclic) bond motifs is 1. The number of carbonyl (C=O) groups excluding carboxylic acids is 2. The van der Waals surface area contributed by atoms with Crippen molar-refractivity contribution in [3.05, 3.63) is 86.1 Å². The standard InChI is InChI=1S/C26H27N3O7S/c1-34-12-3-11-27(26(31)20-6-8-21(9-7-20)29(32)33)17-25(30)28(16-22-4-2-13-37-22)15-19-5-10-23-24(14-19)36-18-35-23/h2,4-10,13-14H,3,11-12,15-18H2,1H3. The molecule has 2 amide bonds. The number of methoxy groups -OCH3 is 1. The lowest BCUT2D eigenvalue weighted by atomic mass is 10.1. The van der Waals surface area contributed by atoms with Gasteiger partial charge < -0.3 is 24.0 Å². The summed E-state index contributed by atoms with van der Waals surface area (Å²) in [5, 5.41) is 12.9. The fourth-order valence-electron chi connectivity index (χ4n) is 3.91. The molecule has 0 unspecified atom stereocenters. The first-order chi connectivity index (χ1) is 17.9. The van der Waals surface area contributed by atoms with Crippen LogP contribution in [-0.2, 0) is 22.6 Å². The number of ether oxygens (including phenoxy) is 3. The van der Waals surface area contributed by atoms with Crippen molar-refractivity contribution in [3.63, 3.8) is 0 Å². The van der Waals surface area contributed by atoms with Gasteiger partial charge in [-0.05, 0) is 47.7 Å². The van der Waals surface area contributed by atoms with Gasteiger partial charge in [-0.2, -0.15) is 0 Å². The number of hydrogen-bond acceptors (Lipinski definition) is 8. The zero-order valence-corrected chi connectivity index (χ0v) is 21.1. The molecule has 4 rings (SSSR count). The first-order valence-corrected chi connectivity index (χ1v) is 12.5. The van der Waals surface area contributed by atoms with Crippen LogP contribution < -0.4 is 9.47 Å². The zero-order valence-electron chi connectivity index (χ0n) is 20.3. The molecule has 0 N–H and O–H groups in total. The van der Waals surface area contributed by atoms with Gasteiger partial charge in [0.05, 0.1) is 11.5 Å². The quantitative estimate of drug-likeness (QED) is 0.199. The Balaban J connectivity index is 1.53. The second-order valence-corrected chi connectivity index (χ2v) is 9.43. The van der Waals surface area contributed by atoms with Crippen LogP contribution >= 0.6 is 11.3 Å². The van der Waals surface area contributed by atoms with Crippen molar-refractivity contribution >= 4 is 28.8 Å². The van der Waals surface area contributed by atoms with Gasteiger partial charge in [-0.15, -0.1) is 11.3 Å². The predicted molar refractivity (Wildman–Crippen MR) is 137 cm³/mol. The van der Waals surface area contributed by atoms with Gasteiger partial charge in [0, 0.05) is 49.4 Å². The second-order valence-electron chi connectivity index (χ2n) is 8.39. The lowest BCUT2D eigenvalue weighted by Crippen LogP contribution is -2.43. The van der Waals surface area contributed by atoms with E-state index in [9.17, 15) is 19.7 Å². The van der Waals surface area contributed by atoms with E-state index >= 15 is 0 Å². The number of nitro groups is 1. The topological polar surface area (TPSA) is 111 Å². The maximum Gasteiger partial charge on any atom is 0.269 e. The van der Waals surface area contributed by atoms with Crippen molar-refractivity contribution < 1.29 is 28.7 Å². The van der Waals surface area contributed by atoms with Crippen molar-refractivity contribution in [2.45, 2.75) is 19.5 Å². The molecular formula is C26H27N3O7S. The van der Waals surface area contributed by atoms with Gasteiger partial charge in [-0.3, -0.25) is 19.7 Å². The largest absolute Gasteiger partial charge is 0.454 e. The summed E-state index contributed by atoms with van der Waals surface area (Å²) in [6.45, 7) is 1.46. The number of nitrogens with zero attached hydrogens (tertiary/aromatic N) is 3. The van der Waals surface area contributed by atoms with Gasteiger partial charge in [0.2, 0.25) is 12.7 Å². The lowest BCUT2D eigenvalue weighted by Gasteiger charge is -2.28. The number of rotatable bonds is 12. The Bertz CT molecular complexity index is 1230. The van der Waals surface area contributed by atoms with E-state index in [1.54, 1.807) is 23.3 Å². The number of nitro benzene ring substituents is 1. The third-order valence-electron chi connectivity index (χ3n) is 5.80. The minimum absolute atomic E-state index is 0.107. The van der Waals surface area contributed by atoms with Gasteiger partial charge in [0.1, 0.15) is 6.54 Å². The highest BCUT2D eigenvalue weighted by Gasteiger charge is 2.24. The van der Waals surface area contributed by atoms with E-state index in [0.717, 1.165) is 10.4 Å². The van der Waals surface area contributed by atoms with Crippen molar-refractivity contribution in [1.29, 1.82) is 0 Å². The smallest absolute Gasteiger partial charge is 0.269 e. The van der Waals surface area contributed by atoms with Gasteiger partial charge >= 0.3 is 0 Å². The van der Waals surface area contributed by atoms with Crippen LogP contribution in [0.25, 0.3) is 0 Å². The molecule has 2 aromatic carbocycles. The Hall–Kier alpha value is -3.96. The Labute approximate surface area is 218 Å². The molecule has 0 saturated heterocycles. The maximum atomic E-state index is 13.6. The zero-order chi connectivity index (χ0) is 26.2. The van der Waals surface area contributed by atoms with Gasteiger partial charge in [0.15, 0.2) is 11.5 Å². The number of amides is 2. The molecule has 194 valence electrons. The first-order valence-electron chi connectivity index (χ1n) is 11.7. The Kier molecular flexibility index (Phi) is 8.70. The molecule has 2 heterocycles. The van der Waals surface area contributed by atoms with E-state index < -0.39 is 4.92 Å². The van der Waals surface area contributed by atoms with Crippen LogP contribution in [0, 0.1) is 10.1 Å². The molecule has 3 aromatic rings. The van der Waals surface area contributed by atoms with Crippen LogP contribution in [0.4, 0.5) is 5.69 Å². The number of thiophene rings is 1. The number of non-ortho nitro benzene ring substituents is 1. The summed E-state index contributed by atoms with van der Waals surface area (Å²) >= 11 is 1.55. The third kappa shape index (κ3) is 6.83. The summed E-state index contributed by atoms with van der Waals surface area (Å²) in [5.74, 6) is 0.700. The summed E-state index contributed by atoms with van der Waals surface area (Å²) in [4.78, 5) is 41.5. The van der Waals surface area contributed by atoms with Crippen LogP contribution in [0.2, 0.25) is 0 Å². The second kappa shape index (κ2) is 12.3. The fourth-order valence-corrected chi connectivity index (χ4v) is 4.63. The Morgan fingerprint density at radius 1 is 1.05 bits per heavy atom. The van der Waals surface area contributed by atoms with Gasteiger partial charge in [-0.25, -0.2) is 0 Å². The SMILES string of the molecule is COCCCN(CC(=O)N(Cc1ccc2c(c1)OCO2)Cc1cccs1)C(=O)c1ccc([N+](=O)[O-])cc1. The van der Waals surface area contributed by atoms with Crippen LogP contribution in [0.5, 0.6) is 11.5 Å². The van der Waals surface area contributed by atoms with Crippen molar-refractivity contribution in [1.82, 2.24) is 9.80 Å². The summed E-state index contributed by atoms with van der Waals surface area (Å²) in [6, 6.07) is 14.8. The molecule has 1 aliphatic rings. The van der Waals surface area contributed by atoms with E-state index in [0.29, 0.717) is 44.2 Å². The predicted octanol–water partition coefficient (Wildman–Crippen LogP) is 4.09. The highest BCUT2D eigenvalue weighted by atomic mass is 32.1. The molecule has 1 aromatic heterocycles. The van der Waals surface area contributed by atoms with Crippen LogP contribution in [0.3, 0.4) is 0 Å². The van der Waals surface area contributed by atoms with Crippen LogP contribution in [0.15, 0.2) is 60.0 Å². The molecule has 0 atom stereocenters. The summed E-state index contributed by atoms with van der Waals surface area (Å²) in [7, 11) is 1.57. The minimum Gasteiger partial charge on any atom is -0.454 e. The normalized spacial score (nSPS) is 11.8. The Morgan fingerprint density at radius 2 is 1.84 bits per heavy atom. The van der Waals surface area contributed by atoms with Crippen molar-refractivity contribution in [2.75, 3.05) is 33.6 Å². The first kappa shape index (κ1) is 26.1. The lowest BCUT2D eigenvalue weighted by molar-refractivity contribution is -0.384. The molecule has 1 aliphatic heterocycles. The Morgan fingerprint density at radius 3 is 2.54 bits per heavy atom. The molecule has 0 saturated carbocycles. The minimum atomic E-state index is -0.521. The highest BCUT2D eigenvalue weighted by molar-refractivity contribution is 7.09. The molecule has 37 heavy (non-hydrogen) atoms. The van der Waals surface area contributed by atoms with E-state index in [1.165, 1.54) is 29.2 Å². The molecule has 11 heteroatoms. The number of carbonyl (C=O) groups is 2. The van der Waals surface area contributed by atoms with E-state index in [1.807, 2.05) is 35.7 Å². The third-order valence-corrected chi connectivity index (χ3v) is 6.67. The highest BCUT2D eigenvalue weighted by Crippen LogP contribution is 2.33. The summed E-state index contributed by atoms with van der Waals surface area (Å²) < 4.78 is 16.0. The summed E-state index contributed by atoms with van der Waals surface area (Å²) in [5.41, 5.74) is 1.04. The number of benzene rings is 2. The molecule has 10 nitrogen and oxygen atoms in total. The van der Waals surface area contributed by atoms with E-state index in [-0.39, 0.29) is 36.4 Å². The van der Waals surface area contributed by atoms with Crippen LogP contribution in [-0.4, -0.2) is 60.1 Å². The van der Waals surface area contributed by atoms with Crippen molar-refractivity contribution in [3.8, 4) is 11.5 Å². The molecule has 0 aliphatic carbocycles. The maximum absolute atomic E-state index is 13.6. The molecule has 0 bridgehead atoms. The molecule has 0 spiro atoms. The number of hydrogen-bond donors (Lipinski definition) is 0.